The molecule has 2 aromatic rings. The summed E-state index contributed by atoms with van der Waals surface area (Å²) in [6.45, 7) is 3.56. The Kier molecular flexibility index (Phi) is 7.03. The van der Waals surface area contributed by atoms with Crippen LogP contribution in [0.5, 0.6) is 0 Å². The van der Waals surface area contributed by atoms with Crippen LogP contribution in [0.2, 0.25) is 0 Å². The molecule has 1 saturated heterocycles. The van der Waals surface area contributed by atoms with E-state index < -0.39 is 10.0 Å². The Balaban J connectivity index is 1.82. The zero-order valence-corrected chi connectivity index (χ0v) is 17.5. The maximum absolute atomic E-state index is 13.5. The van der Waals surface area contributed by atoms with E-state index in [0.717, 1.165) is 25.7 Å². The van der Waals surface area contributed by atoms with Crippen molar-refractivity contribution >= 4 is 15.9 Å². The van der Waals surface area contributed by atoms with Gasteiger partial charge in [-0.2, -0.15) is 4.31 Å². The van der Waals surface area contributed by atoms with E-state index in [1.807, 2.05) is 6.92 Å². The minimum atomic E-state index is -3.63. The monoisotopic (exact) mass is 418 g/mol. The molecule has 0 aromatic heterocycles. The number of benzene rings is 2. The molecule has 1 aliphatic heterocycles. The fourth-order valence-electron chi connectivity index (χ4n) is 3.59. The zero-order valence-electron chi connectivity index (χ0n) is 16.7. The Labute approximate surface area is 172 Å². The smallest absolute Gasteiger partial charge is 0.254 e. The largest absolute Gasteiger partial charge is 0.335 e. The Morgan fingerprint density at radius 1 is 1.03 bits per heavy atom. The Bertz CT molecular complexity index is 954. The van der Waals surface area contributed by atoms with Crippen molar-refractivity contribution in [2.24, 2.45) is 0 Å². The number of carbonyl (C=O) groups is 1. The van der Waals surface area contributed by atoms with E-state index in [0.29, 0.717) is 30.8 Å². The van der Waals surface area contributed by atoms with Crippen molar-refractivity contribution in [3.63, 3.8) is 0 Å². The summed E-state index contributed by atoms with van der Waals surface area (Å²) in [5.41, 5.74) is 1.01. The molecule has 0 atom stereocenters. The van der Waals surface area contributed by atoms with Gasteiger partial charge < -0.3 is 4.90 Å². The van der Waals surface area contributed by atoms with E-state index in [1.54, 1.807) is 35.2 Å². The molecular weight excluding hydrogens is 391 g/mol. The number of halogens is 1. The summed E-state index contributed by atoms with van der Waals surface area (Å²) in [5, 5.41) is 0. The molecule has 1 heterocycles. The van der Waals surface area contributed by atoms with E-state index in [9.17, 15) is 17.6 Å². The van der Waals surface area contributed by atoms with Crippen molar-refractivity contribution in [2.75, 3.05) is 19.6 Å². The molecule has 0 N–H and O–H groups in total. The van der Waals surface area contributed by atoms with E-state index in [1.165, 1.54) is 22.5 Å². The number of hydrogen-bond donors (Lipinski definition) is 0. The molecule has 1 amide bonds. The lowest BCUT2D eigenvalue weighted by Gasteiger charge is -2.23. The second-order valence-corrected chi connectivity index (χ2v) is 9.23. The van der Waals surface area contributed by atoms with Crippen molar-refractivity contribution in [1.29, 1.82) is 0 Å². The molecule has 5 nitrogen and oxygen atoms in total. The first kappa shape index (κ1) is 21.5. The van der Waals surface area contributed by atoms with E-state index >= 15 is 0 Å². The maximum atomic E-state index is 13.5. The fraction of sp³-hybridized carbons (Fsp3) is 0.409. The van der Waals surface area contributed by atoms with Crippen molar-refractivity contribution < 1.29 is 17.6 Å². The van der Waals surface area contributed by atoms with Gasteiger partial charge in [0.1, 0.15) is 5.82 Å². The first-order valence-electron chi connectivity index (χ1n) is 10.1. The van der Waals surface area contributed by atoms with Crippen LogP contribution in [-0.2, 0) is 16.6 Å². The first-order chi connectivity index (χ1) is 13.9. The highest BCUT2D eigenvalue weighted by molar-refractivity contribution is 7.89. The molecule has 7 heteroatoms. The van der Waals surface area contributed by atoms with Crippen LogP contribution in [0.3, 0.4) is 0 Å². The minimum Gasteiger partial charge on any atom is -0.335 e. The number of hydrogen-bond acceptors (Lipinski definition) is 3. The Morgan fingerprint density at radius 3 is 2.38 bits per heavy atom. The fourth-order valence-corrected chi connectivity index (χ4v) is 5.15. The molecular formula is C22H27FN2O3S. The van der Waals surface area contributed by atoms with Crippen molar-refractivity contribution in [3.8, 4) is 0 Å². The molecule has 0 saturated carbocycles. The van der Waals surface area contributed by atoms with E-state index in [2.05, 4.69) is 0 Å². The lowest BCUT2D eigenvalue weighted by Crippen LogP contribution is -2.33. The molecule has 29 heavy (non-hydrogen) atoms. The standard InChI is InChI=1S/C22H27FN2O3S/c1-2-24(17-18-9-7-11-20(23)15-18)22(26)19-10-8-12-21(16-19)29(27,28)25-13-5-3-4-6-14-25/h7-12,15-16H,2-6,13-14,17H2,1H3. The number of nitrogens with zero attached hydrogens (tertiary/aromatic N) is 2. The van der Waals surface area contributed by atoms with Crippen LogP contribution < -0.4 is 0 Å². The molecule has 2 aromatic carbocycles. The molecule has 1 fully saturated rings. The Hall–Kier alpha value is -2.25. The summed E-state index contributed by atoms with van der Waals surface area (Å²) in [6, 6.07) is 12.4. The summed E-state index contributed by atoms with van der Waals surface area (Å²) in [4.78, 5) is 14.7. The van der Waals surface area contributed by atoms with Gasteiger partial charge in [-0.3, -0.25) is 4.79 Å². The van der Waals surface area contributed by atoms with Gasteiger partial charge in [0.15, 0.2) is 0 Å². The molecule has 0 bridgehead atoms. The van der Waals surface area contributed by atoms with E-state index in [4.69, 9.17) is 0 Å². The molecule has 156 valence electrons. The lowest BCUT2D eigenvalue weighted by atomic mass is 10.1. The number of amides is 1. The molecule has 0 spiro atoms. The van der Waals surface area contributed by atoms with Crippen molar-refractivity contribution in [3.05, 3.63) is 65.5 Å². The predicted octanol–water partition coefficient (Wildman–Crippen LogP) is 4.05. The van der Waals surface area contributed by atoms with Crippen LogP contribution in [0.15, 0.2) is 53.4 Å². The lowest BCUT2D eigenvalue weighted by molar-refractivity contribution is 0.0752. The molecule has 3 rings (SSSR count). The number of carbonyl (C=O) groups excluding carboxylic acids is 1. The van der Waals surface area contributed by atoms with Crippen LogP contribution in [0.4, 0.5) is 4.39 Å². The van der Waals surface area contributed by atoms with Crippen LogP contribution in [-0.4, -0.2) is 43.2 Å². The summed E-state index contributed by atoms with van der Waals surface area (Å²) < 4.78 is 41.1. The quantitative estimate of drug-likeness (QED) is 0.711. The van der Waals surface area contributed by atoms with Crippen molar-refractivity contribution in [1.82, 2.24) is 9.21 Å². The van der Waals surface area contributed by atoms with Crippen LogP contribution in [0, 0.1) is 5.82 Å². The van der Waals surface area contributed by atoms with Crippen LogP contribution in [0.1, 0.15) is 48.5 Å². The van der Waals surface area contributed by atoms with Gasteiger partial charge in [0.25, 0.3) is 5.91 Å². The highest BCUT2D eigenvalue weighted by Crippen LogP contribution is 2.22. The van der Waals surface area contributed by atoms with Gasteiger partial charge in [-0.05, 0) is 55.7 Å². The molecule has 1 aliphatic rings. The second-order valence-electron chi connectivity index (χ2n) is 7.30. The normalized spacial score (nSPS) is 15.7. The summed E-state index contributed by atoms with van der Waals surface area (Å²) >= 11 is 0. The zero-order chi connectivity index (χ0) is 20.9. The third-order valence-electron chi connectivity index (χ3n) is 5.22. The SMILES string of the molecule is CCN(Cc1cccc(F)c1)C(=O)c1cccc(S(=O)(=O)N2CCCCCC2)c1. The van der Waals surface area contributed by atoms with Gasteiger partial charge in [0.2, 0.25) is 10.0 Å². The van der Waals surface area contributed by atoms with Gasteiger partial charge in [0, 0.05) is 31.7 Å². The average molecular weight is 419 g/mol. The van der Waals surface area contributed by atoms with Gasteiger partial charge >= 0.3 is 0 Å². The second kappa shape index (κ2) is 9.50. The topological polar surface area (TPSA) is 57.7 Å². The summed E-state index contributed by atoms with van der Waals surface area (Å²) in [7, 11) is -3.63. The average Bonchev–Trinajstić information content (AvgIpc) is 3.02. The van der Waals surface area contributed by atoms with Crippen molar-refractivity contribution in [2.45, 2.75) is 44.0 Å². The molecule has 0 unspecified atom stereocenters. The molecule has 0 aliphatic carbocycles. The maximum Gasteiger partial charge on any atom is 0.254 e. The van der Waals surface area contributed by atoms with Gasteiger partial charge in [-0.25, -0.2) is 12.8 Å². The van der Waals surface area contributed by atoms with Gasteiger partial charge in [-0.15, -0.1) is 0 Å². The molecule has 0 radical (unpaired) electrons. The number of rotatable bonds is 6. The van der Waals surface area contributed by atoms with Gasteiger partial charge in [-0.1, -0.05) is 31.0 Å². The minimum absolute atomic E-state index is 0.145. The van der Waals surface area contributed by atoms with Gasteiger partial charge in [0.05, 0.1) is 4.90 Å². The summed E-state index contributed by atoms with van der Waals surface area (Å²) in [6.07, 6.45) is 3.79. The summed E-state index contributed by atoms with van der Waals surface area (Å²) in [5.74, 6) is -0.624. The Morgan fingerprint density at radius 2 is 1.72 bits per heavy atom. The first-order valence-corrected chi connectivity index (χ1v) is 11.5. The van der Waals surface area contributed by atoms with Crippen LogP contribution in [0.25, 0.3) is 0 Å². The van der Waals surface area contributed by atoms with Crippen LogP contribution >= 0.6 is 0 Å². The highest BCUT2D eigenvalue weighted by Gasteiger charge is 2.26. The number of sulfonamides is 1. The van der Waals surface area contributed by atoms with E-state index in [-0.39, 0.29) is 23.2 Å². The predicted molar refractivity (Wildman–Crippen MR) is 110 cm³/mol. The third-order valence-corrected chi connectivity index (χ3v) is 7.11. The third kappa shape index (κ3) is 5.22. The highest BCUT2D eigenvalue weighted by atomic mass is 32.2.